The average Bonchev–Trinajstić information content (AvgIpc) is 2.69. The molecule has 0 unspecified atom stereocenters. The van der Waals surface area contributed by atoms with Crippen molar-refractivity contribution in [3.63, 3.8) is 0 Å². The van der Waals surface area contributed by atoms with Crippen LogP contribution in [0.4, 0.5) is 16.3 Å². The highest BCUT2D eigenvalue weighted by atomic mass is 16.6. The van der Waals surface area contributed by atoms with Crippen LogP contribution in [-0.2, 0) is 4.74 Å². The van der Waals surface area contributed by atoms with Crippen LogP contribution in [0, 0.1) is 13.8 Å². The number of aromatic nitrogens is 1. The van der Waals surface area contributed by atoms with Gasteiger partial charge in [0.15, 0.2) is 0 Å². The molecule has 7 heteroatoms. The minimum absolute atomic E-state index is 0.177. The Kier molecular flexibility index (Phi) is 6.29. The number of anilines is 2. The molecule has 3 rings (SSSR count). The van der Waals surface area contributed by atoms with Crippen molar-refractivity contribution in [3.05, 3.63) is 53.2 Å². The van der Waals surface area contributed by atoms with Gasteiger partial charge in [0.25, 0.3) is 5.91 Å². The molecule has 1 aromatic heterocycles. The molecule has 7 nitrogen and oxygen atoms in total. The summed E-state index contributed by atoms with van der Waals surface area (Å²) in [4.78, 5) is 32.9. The second-order valence-corrected chi connectivity index (χ2v) is 8.61. The zero-order chi connectivity index (χ0) is 21.9. The number of rotatable bonds is 3. The summed E-state index contributed by atoms with van der Waals surface area (Å²) in [5.41, 5.74) is 3.32. The second-order valence-electron chi connectivity index (χ2n) is 8.61. The lowest BCUT2D eigenvalue weighted by molar-refractivity contribution is 0.0240. The fourth-order valence-electron chi connectivity index (χ4n) is 3.19. The van der Waals surface area contributed by atoms with Crippen molar-refractivity contribution in [1.29, 1.82) is 0 Å². The molecule has 160 valence electrons. The molecule has 1 saturated heterocycles. The predicted molar refractivity (Wildman–Crippen MR) is 118 cm³/mol. The van der Waals surface area contributed by atoms with E-state index < -0.39 is 5.60 Å². The fourth-order valence-corrected chi connectivity index (χ4v) is 3.19. The number of nitrogens with zero attached hydrogens (tertiary/aromatic N) is 3. The van der Waals surface area contributed by atoms with E-state index in [9.17, 15) is 9.59 Å². The highest BCUT2D eigenvalue weighted by molar-refractivity contribution is 6.03. The summed E-state index contributed by atoms with van der Waals surface area (Å²) in [5.74, 6) is 0.332. The van der Waals surface area contributed by atoms with Gasteiger partial charge in [0.2, 0.25) is 0 Å². The monoisotopic (exact) mass is 410 g/mol. The maximum atomic E-state index is 12.5. The first-order chi connectivity index (χ1) is 14.1. The van der Waals surface area contributed by atoms with Crippen LogP contribution in [0.3, 0.4) is 0 Å². The Morgan fingerprint density at radius 2 is 1.70 bits per heavy atom. The molecule has 1 aliphatic rings. The van der Waals surface area contributed by atoms with Gasteiger partial charge in [-0.1, -0.05) is 6.07 Å². The largest absolute Gasteiger partial charge is 0.444 e. The number of piperazine rings is 1. The normalized spacial score (nSPS) is 14.4. The Hall–Kier alpha value is -3.09. The van der Waals surface area contributed by atoms with Gasteiger partial charge in [-0.05, 0) is 70.0 Å². The third-order valence-corrected chi connectivity index (χ3v) is 5.06. The number of nitrogens with one attached hydrogen (secondary N) is 1. The number of ether oxygens (including phenoxy) is 1. The Morgan fingerprint density at radius 1 is 1.00 bits per heavy atom. The maximum Gasteiger partial charge on any atom is 0.410 e. The van der Waals surface area contributed by atoms with Crippen LogP contribution < -0.4 is 10.2 Å². The molecular formula is C23H30N4O3. The molecule has 0 radical (unpaired) electrons. The summed E-state index contributed by atoms with van der Waals surface area (Å²) in [7, 11) is 0. The first kappa shape index (κ1) is 21.6. The molecular weight excluding hydrogens is 380 g/mol. The summed E-state index contributed by atoms with van der Waals surface area (Å²) in [5, 5.41) is 2.84. The number of carbonyl (C=O) groups excluding carboxylic acids is 2. The Balaban J connectivity index is 1.55. The van der Waals surface area contributed by atoms with Crippen LogP contribution >= 0.6 is 0 Å². The van der Waals surface area contributed by atoms with E-state index in [0.717, 1.165) is 16.8 Å². The van der Waals surface area contributed by atoms with E-state index in [0.29, 0.717) is 37.6 Å². The van der Waals surface area contributed by atoms with E-state index in [4.69, 9.17) is 4.74 Å². The maximum absolute atomic E-state index is 12.5. The number of amides is 2. The highest BCUT2D eigenvalue weighted by Gasteiger charge is 2.26. The summed E-state index contributed by atoms with van der Waals surface area (Å²) in [6, 6.07) is 9.37. The van der Waals surface area contributed by atoms with Gasteiger partial charge in [0, 0.05) is 31.7 Å². The molecule has 0 saturated carbocycles. The van der Waals surface area contributed by atoms with E-state index in [1.54, 1.807) is 17.2 Å². The van der Waals surface area contributed by atoms with Crippen LogP contribution in [0.15, 0.2) is 36.5 Å². The standard InChI is InChI=1S/C23H30N4O3/c1-16-6-7-18(14-17(16)2)21(28)25-20-9-8-19(15-24-20)26-10-12-27(13-11-26)22(29)30-23(3,4)5/h6-9,14-15H,10-13H2,1-5H3,(H,24,25,28). The van der Waals surface area contributed by atoms with Gasteiger partial charge in [0.1, 0.15) is 11.4 Å². The van der Waals surface area contributed by atoms with Gasteiger partial charge < -0.3 is 19.9 Å². The van der Waals surface area contributed by atoms with Crippen molar-refractivity contribution in [2.45, 2.75) is 40.2 Å². The third kappa shape index (κ3) is 5.49. The number of benzene rings is 1. The molecule has 0 bridgehead atoms. The van der Waals surface area contributed by atoms with Crippen LogP contribution in [0.1, 0.15) is 42.3 Å². The zero-order valence-electron chi connectivity index (χ0n) is 18.4. The molecule has 1 fully saturated rings. The van der Waals surface area contributed by atoms with Gasteiger partial charge >= 0.3 is 6.09 Å². The molecule has 2 aromatic rings. The topological polar surface area (TPSA) is 74.8 Å². The Bertz CT molecular complexity index is 911. The lowest BCUT2D eigenvalue weighted by Crippen LogP contribution is -2.50. The van der Waals surface area contributed by atoms with Crippen LogP contribution in [-0.4, -0.2) is 53.7 Å². The molecule has 1 N–H and O–H groups in total. The van der Waals surface area contributed by atoms with E-state index in [2.05, 4.69) is 15.2 Å². The first-order valence-electron chi connectivity index (χ1n) is 10.2. The van der Waals surface area contributed by atoms with Crippen molar-refractivity contribution in [1.82, 2.24) is 9.88 Å². The van der Waals surface area contributed by atoms with Gasteiger partial charge in [-0.3, -0.25) is 4.79 Å². The van der Waals surface area contributed by atoms with Crippen molar-refractivity contribution in [2.24, 2.45) is 0 Å². The number of hydrogen-bond donors (Lipinski definition) is 1. The number of pyridine rings is 1. The molecule has 1 aromatic carbocycles. The summed E-state index contributed by atoms with van der Waals surface area (Å²) in [6.45, 7) is 12.2. The fraction of sp³-hybridized carbons (Fsp3) is 0.435. The molecule has 30 heavy (non-hydrogen) atoms. The molecule has 1 aliphatic heterocycles. The lowest BCUT2D eigenvalue weighted by Gasteiger charge is -2.36. The highest BCUT2D eigenvalue weighted by Crippen LogP contribution is 2.19. The van der Waals surface area contributed by atoms with Gasteiger partial charge in [-0.15, -0.1) is 0 Å². The minimum atomic E-state index is -0.490. The predicted octanol–water partition coefficient (Wildman–Crippen LogP) is 4.01. The van der Waals surface area contributed by atoms with Crippen molar-refractivity contribution in [3.8, 4) is 0 Å². The Morgan fingerprint density at radius 3 is 2.27 bits per heavy atom. The van der Waals surface area contributed by atoms with Crippen molar-refractivity contribution >= 4 is 23.5 Å². The van der Waals surface area contributed by atoms with E-state index in [-0.39, 0.29) is 12.0 Å². The SMILES string of the molecule is Cc1ccc(C(=O)Nc2ccc(N3CCN(C(=O)OC(C)(C)C)CC3)cn2)cc1C. The van der Waals surface area contributed by atoms with E-state index in [1.807, 2.05) is 58.9 Å². The summed E-state index contributed by atoms with van der Waals surface area (Å²) in [6.07, 6.45) is 1.48. The first-order valence-corrected chi connectivity index (χ1v) is 10.2. The number of aryl methyl sites for hydroxylation is 2. The second kappa shape index (κ2) is 8.73. The molecule has 0 spiro atoms. The molecule has 0 atom stereocenters. The number of hydrogen-bond acceptors (Lipinski definition) is 5. The molecule has 2 amide bonds. The molecule has 2 heterocycles. The average molecular weight is 411 g/mol. The summed E-state index contributed by atoms with van der Waals surface area (Å²) >= 11 is 0. The smallest absolute Gasteiger partial charge is 0.410 e. The van der Waals surface area contributed by atoms with Gasteiger partial charge in [-0.25, -0.2) is 9.78 Å². The van der Waals surface area contributed by atoms with Crippen LogP contribution in [0.25, 0.3) is 0 Å². The quantitative estimate of drug-likeness (QED) is 0.828. The van der Waals surface area contributed by atoms with E-state index >= 15 is 0 Å². The van der Waals surface area contributed by atoms with Crippen molar-refractivity contribution in [2.75, 3.05) is 36.4 Å². The minimum Gasteiger partial charge on any atom is -0.444 e. The zero-order valence-corrected chi connectivity index (χ0v) is 18.4. The third-order valence-electron chi connectivity index (χ3n) is 5.06. The summed E-state index contributed by atoms with van der Waals surface area (Å²) < 4.78 is 5.44. The lowest BCUT2D eigenvalue weighted by atomic mass is 10.1. The van der Waals surface area contributed by atoms with Crippen LogP contribution in [0.2, 0.25) is 0 Å². The molecule has 0 aliphatic carbocycles. The van der Waals surface area contributed by atoms with E-state index in [1.165, 1.54) is 0 Å². The van der Waals surface area contributed by atoms with Crippen LogP contribution in [0.5, 0.6) is 0 Å². The number of carbonyl (C=O) groups is 2. The van der Waals surface area contributed by atoms with Gasteiger partial charge in [-0.2, -0.15) is 0 Å². The van der Waals surface area contributed by atoms with Crippen molar-refractivity contribution < 1.29 is 14.3 Å². The van der Waals surface area contributed by atoms with Gasteiger partial charge in [0.05, 0.1) is 11.9 Å². The Labute approximate surface area is 178 Å².